The highest BCUT2D eigenvalue weighted by Gasteiger charge is 2.66. The summed E-state index contributed by atoms with van der Waals surface area (Å²) in [6.45, 7) is 4.17. The number of esters is 1. The van der Waals surface area contributed by atoms with Gasteiger partial charge in [0.2, 0.25) is 5.60 Å². The molecule has 3 heteroatoms. The number of carbonyl (C=O) groups is 1. The van der Waals surface area contributed by atoms with Gasteiger partial charge in [-0.1, -0.05) is 44.2 Å². The maximum atomic E-state index is 12.4. The molecule has 0 N–H and O–H groups in total. The summed E-state index contributed by atoms with van der Waals surface area (Å²) in [6.07, 6.45) is 4.03. The average Bonchev–Trinajstić information content (AvgIpc) is 2.91. The SMILES string of the molecule is COC(=O)[C@@]12OC(c3ccccc3)=C[C@]1(C)CC[C@H]2C. The van der Waals surface area contributed by atoms with E-state index >= 15 is 0 Å². The first-order chi connectivity index (χ1) is 9.53. The molecule has 0 unspecified atom stereocenters. The van der Waals surface area contributed by atoms with Crippen LogP contribution in [0.25, 0.3) is 5.76 Å². The fraction of sp³-hybridized carbons (Fsp3) is 0.471. The van der Waals surface area contributed by atoms with Crippen molar-refractivity contribution in [3.63, 3.8) is 0 Å². The van der Waals surface area contributed by atoms with Gasteiger partial charge in [-0.05, 0) is 18.9 Å². The van der Waals surface area contributed by atoms with Crippen molar-refractivity contribution in [2.45, 2.75) is 32.3 Å². The normalized spacial score (nSPS) is 35.1. The summed E-state index contributed by atoms with van der Waals surface area (Å²) in [5, 5.41) is 0. The zero-order chi connectivity index (χ0) is 14.4. The summed E-state index contributed by atoms with van der Waals surface area (Å²) in [6, 6.07) is 9.94. The Hall–Kier alpha value is -1.77. The molecule has 3 atom stereocenters. The van der Waals surface area contributed by atoms with E-state index in [0.29, 0.717) is 0 Å². The van der Waals surface area contributed by atoms with Crippen molar-refractivity contribution in [1.29, 1.82) is 0 Å². The number of hydrogen-bond acceptors (Lipinski definition) is 3. The molecule has 1 aliphatic carbocycles. The van der Waals surface area contributed by atoms with Crippen LogP contribution < -0.4 is 0 Å². The van der Waals surface area contributed by atoms with Crippen LogP contribution in [-0.2, 0) is 14.3 Å². The zero-order valence-corrected chi connectivity index (χ0v) is 12.2. The standard InChI is InChI=1S/C17H20O3/c1-12-9-10-16(2)11-14(13-7-5-4-6-8-13)20-17(12,16)15(18)19-3/h4-8,11-12H,9-10H2,1-3H3/t12-,16+,17-/m1/s1. The summed E-state index contributed by atoms with van der Waals surface area (Å²) in [4.78, 5) is 12.4. The van der Waals surface area contributed by atoms with Crippen molar-refractivity contribution in [1.82, 2.24) is 0 Å². The Balaban J connectivity index is 2.06. The Labute approximate surface area is 119 Å². The van der Waals surface area contributed by atoms with Gasteiger partial charge in [0.1, 0.15) is 5.76 Å². The molecule has 0 aromatic heterocycles. The molecular weight excluding hydrogens is 252 g/mol. The molecule has 0 amide bonds. The highest BCUT2D eigenvalue weighted by molar-refractivity contribution is 5.86. The highest BCUT2D eigenvalue weighted by atomic mass is 16.6. The van der Waals surface area contributed by atoms with Crippen LogP contribution in [0.1, 0.15) is 32.3 Å². The van der Waals surface area contributed by atoms with Crippen LogP contribution in [0, 0.1) is 11.3 Å². The number of benzene rings is 1. The van der Waals surface area contributed by atoms with E-state index < -0.39 is 5.60 Å². The Kier molecular flexibility index (Phi) is 2.89. The summed E-state index contributed by atoms with van der Waals surface area (Å²) < 4.78 is 11.3. The van der Waals surface area contributed by atoms with E-state index in [1.54, 1.807) is 0 Å². The van der Waals surface area contributed by atoms with Gasteiger partial charge >= 0.3 is 5.97 Å². The van der Waals surface area contributed by atoms with Crippen molar-refractivity contribution in [2.24, 2.45) is 11.3 Å². The van der Waals surface area contributed by atoms with E-state index in [1.807, 2.05) is 30.3 Å². The van der Waals surface area contributed by atoms with E-state index in [9.17, 15) is 4.79 Å². The molecule has 106 valence electrons. The van der Waals surface area contributed by atoms with Crippen LogP contribution in [-0.4, -0.2) is 18.7 Å². The van der Waals surface area contributed by atoms with Gasteiger partial charge in [-0.15, -0.1) is 0 Å². The predicted molar refractivity (Wildman–Crippen MR) is 76.8 cm³/mol. The Morgan fingerprint density at radius 2 is 2.05 bits per heavy atom. The fourth-order valence-electron chi connectivity index (χ4n) is 3.73. The predicted octanol–water partition coefficient (Wildman–Crippen LogP) is 3.41. The van der Waals surface area contributed by atoms with Crippen molar-refractivity contribution < 1.29 is 14.3 Å². The second-order valence-electron chi connectivity index (χ2n) is 6.06. The van der Waals surface area contributed by atoms with Crippen LogP contribution in [0.15, 0.2) is 36.4 Å². The van der Waals surface area contributed by atoms with Crippen molar-refractivity contribution >= 4 is 11.7 Å². The lowest BCUT2D eigenvalue weighted by Gasteiger charge is -2.36. The van der Waals surface area contributed by atoms with Crippen LogP contribution >= 0.6 is 0 Å². The van der Waals surface area contributed by atoms with Gasteiger partial charge in [0.05, 0.1) is 7.11 Å². The number of rotatable bonds is 2. The number of fused-ring (bicyclic) bond motifs is 1. The molecule has 1 aliphatic heterocycles. The summed E-state index contributed by atoms with van der Waals surface area (Å²) >= 11 is 0. The van der Waals surface area contributed by atoms with Gasteiger partial charge < -0.3 is 9.47 Å². The first-order valence-corrected chi connectivity index (χ1v) is 7.09. The lowest BCUT2D eigenvalue weighted by Crippen LogP contribution is -2.51. The van der Waals surface area contributed by atoms with E-state index in [4.69, 9.17) is 9.47 Å². The second-order valence-corrected chi connectivity index (χ2v) is 6.06. The molecule has 1 aromatic carbocycles. The van der Waals surface area contributed by atoms with Crippen molar-refractivity contribution in [2.75, 3.05) is 7.11 Å². The van der Waals surface area contributed by atoms with Crippen molar-refractivity contribution in [3.8, 4) is 0 Å². The van der Waals surface area contributed by atoms with Gasteiger partial charge in [0.15, 0.2) is 0 Å². The molecule has 20 heavy (non-hydrogen) atoms. The smallest absolute Gasteiger partial charge is 0.351 e. The first kappa shape index (κ1) is 13.2. The monoisotopic (exact) mass is 272 g/mol. The first-order valence-electron chi connectivity index (χ1n) is 7.09. The fourth-order valence-corrected chi connectivity index (χ4v) is 3.73. The van der Waals surface area contributed by atoms with Crippen molar-refractivity contribution in [3.05, 3.63) is 42.0 Å². The average molecular weight is 272 g/mol. The molecule has 2 aliphatic rings. The topological polar surface area (TPSA) is 35.5 Å². The minimum Gasteiger partial charge on any atom is -0.474 e. The van der Waals surface area contributed by atoms with Crippen LogP contribution in [0.2, 0.25) is 0 Å². The third-order valence-electron chi connectivity index (χ3n) is 4.91. The number of ether oxygens (including phenoxy) is 2. The van der Waals surface area contributed by atoms with E-state index in [2.05, 4.69) is 19.9 Å². The molecule has 0 bridgehead atoms. The molecule has 0 radical (unpaired) electrons. The summed E-state index contributed by atoms with van der Waals surface area (Å²) in [5.41, 5.74) is -0.143. The molecule has 3 nitrogen and oxygen atoms in total. The third kappa shape index (κ3) is 1.55. The quantitative estimate of drug-likeness (QED) is 0.774. The largest absolute Gasteiger partial charge is 0.474 e. The van der Waals surface area contributed by atoms with Gasteiger partial charge in [-0.25, -0.2) is 4.79 Å². The third-order valence-corrected chi connectivity index (χ3v) is 4.91. The maximum absolute atomic E-state index is 12.4. The van der Waals surface area contributed by atoms with Gasteiger partial charge in [-0.2, -0.15) is 0 Å². The second kappa shape index (κ2) is 4.37. The molecule has 1 heterocycles. The molecular formula is C17H20O3. The minimum atomic E-state index is -0.868. The molecule has 0 saturated heterocycles. The lowest BCUT2D eigenvalue weighted by atomic mass is 9.74. The number of carbonyl (C=O) groups excluding carboxylic acids is 1. The summed E-state index contributed by atoms with van der Waals surface area (Å²) in [7, 11) is 1.44. The highest BCUT2D eigenvalue weighted by Crippen LogP contribution is 2.59. The Bertz CT molecular complexity index is 563. The van der Waals surface area contributed by atoms with Gasteiger partial charge in [0.25, 0.3) is 0 Å². The molecule has 3 rings (SSSR count). The maximum Gasteiger partial charge on any atom is 0.351 e. The van der Waals surface area contributed by atoms with Crippen LogP contribution in [0.5, 0.6) is 0 Å². The molecule has 0 spiro atoms. The van der Waals surface area contributed by atoms with E-state index in [1.165, 1.54) is 7.11 Å². The number of methoxy groups -OCH3 is 1. The Morgan fingerprint density at radius 3 is 2.70 bits per heavy atom. The zero-order valence-electron chi connectivity index (χ0n) is 12.2. The Morgan fingerprint density at radius 1 is 1.35 bits per heavy atom. The number of hydrogen-bond donors (Lipinski definition) is 0. The van der Waals surface area contributed by atoms with E-state index in [-0.39, 0.29) is 17.3 Å². The van der Waals surface area contributed by atoms with Gasteiger partial charge in [0, 0.05) is 16.9 Å². The molecule has 1 fully saturated rings. The minimum absolute atomic E-state index is 0.150. The molecule has 1 aromatic rings. The van der Waals surface area contributed by atoms with E-state index in [0.717, 1.165) is 24.2 Å². The molecule has 1 saturated carbocycles. The lowest BCUT2D eigenvalue weighted by molar-refractivity contribution is -0.171. The van der Waals surface area contributed by atoms with Crippen LogP contribution in [0.3, 0.4) is 0 Å². The summed E-state index contributed by atoms with van der Waals surface area (Å²) in [5.74, 6) is 0.689. The van der Waals surface area contributed by atoms with Crippen LogP contribution in [0.4, 0.5) is 0 Å². The van der Waals surface area contributed by atoms with Gasteiger partial charge in [-0.3, -0.25) is 0 Å².